The third-order valence-electron chi connectivity index (χ3n) is 9.26. The summed E-state index contributed by atoms with van der Waals surface area (Å²) in [4.78, 5) is 63.6. The van der Waals surface area contributed by atoms with Gasteiger partial charge < -0.3 is 30.2 Å². The standard InChI is InChI=1S/C24H23N5O3.C16H16ClN5O2.C8H9BO3/c1-15(30)16-5-7-17(8-6-16)22-25-12-11-21(28-22)27-19-9-10-20-18(13-19)14-26-29(20)23(31)32-24(2,3)4;1-16(2,3)24-15(23)22-12-5-4-11(8-10(12)9-19-22)20-13-6-7-18-14(17)21-13;1-6(10)7-2-4-8(5-3-7)9(11)12/h5-14H,1-4H3,(H,25,27,28);4-9H,1-3H3,(H,18,20,21);2-5,11-12H,1H3. The summed E-state index contributed by atoms with van der Waals surface area (Å²) in [6.45, 7) is 13.9. The van der Waals surface area contributed by atoms with Crippen LogP contribution in [0, 0.1) is 0 Å². The first-order valence-electron chi connectivity index (χ1n) is 21.0. The molecule has 0 spiro atoms. The van der Waals surface area contributed by atoms with E-state index in [4.69, 9.17) is 31.1 Å². The summed E-state index contributed by atoms with van der Waals surface area (Å²) in [6, 6.07) is 27.8. The van der Waals surface area contributed by atoms with Gasteiger partial charge in [-0.05, 0) is 121 Å². The molecule has 0 saturated heterocycles. The molecule has 4 heterocycles. The number of carbonyl (C=O) groups is 4. The SMILES string of the molecule is CC(=O)c1ccc(-c2nccc(Nc3ccc4c(cnn4C(=O)OC(C)(C)C)c3)n2)cc1.CC(=O)c1ccc(B(O)O)cc1.CC(C)(C)OC(=O)n1ncc2cc(Nc3ccnc(Cl)n3)ccc21. The second-order valence-corrected chi connectivity index (χ2v) is 17.4. The molecule has 0 saturated carbocycles. The van der Waals surface area contributed by atoms with E-state index in [0.717, 1.165) is 27.7 Å². The van der Waals surface area contributed by atoms with Gasteiger partial charge >= 0.3 is 19.3 Å². The van der Waals surface area contributed by atoms with Gasteiger partial charge in [0.1, 0.15) is 22.8 Å². The van der Waals surface area contributed by atoms with E-state index >= 15 is 0 Å². The minimum absolute atomic E-state index is 0.0123. The zero-order chi connectivity index (χ0) is 49.3. The Morgan fingerprint density at radius 2 is 1.04 bits per heavy atom. The first-order valence-corrected chi connectivity index (χ1v) is 21.4. The number of carbonyl (C=O) groups excluding carboxylic acids is 4. The molecule has 4 aromatic carbocycles. The summed E-state index contributed by atoms with van der Waals surface area (Å²) in [6.07, 6.45) is 5.42. The van der Waals surface area contributed by atoms with Crippen LogP contribution >= 0.6 is 11.6 Å². The van der Waals surface area contributed by atoms with Crippen molar-refractivity contribution in [2.75, 3.05) is 10.6 Å². The number of fused-ring (bicyclic) bond motifs is 2. The lowest BCUT2D eigenvalue weighted by molar-refractivity contribution is 0.0511. The van der Waals surface area contributed by atoms with Crippen molar-refractivity contribution in [2.45, 2.75) is 66.6 Å². The summed E-state index contributed by atoms with van der Waals surface area (Å²) in [5.41, 5.74) is 4.13. The molecule has 4 N–H and O–H groups in total. The quantitative estimate of drug-likeness (QED) is 0.0632. The van der Waals surface area contributed by atoms with Crippen molar-refractivity contribution < 1.29 is 38.7 Å². The van der Waals surface area contributed by atoms with Crippen LogP contribution in [0.5, 0.6) is 0 Å². The van der Waals surface area contributed by atoms with Gasteiger partial charge in [-0.1, -0.05) is 48.5 Å². The predicted octanol–water partition coefficient (Wildman–Crippen LogP) is 8.80. The van der Waals surface area contributed by atoms with Crippen LogP contribution in [0.2, 0.25) is 5.28 Å². The molecule has 0 radical (unpaired) electrons. The number of ketones is 2. The van der Waals surface area contributed by atoms with Crippen molar-refractivity contribution in [2.24, 2.45) is 0 Å². The van der Waals surface area contributed by atoms with E-state index in [1.54, 1.807) is 73.3 Å². The molecule has 0 amide bonds. The maximum atomic E-state index is 12.4. The van der Waals surface area contributed by atoms with Crippen molar-refractivity contribution in [3.63, 3.8) is 0 Å². The largest absolute Gasteiger partial charge is 0.488 e. The van der Waals surface area contributed by atoms with Gasteiger partial charge in [0.25, 0.3) is 0 Å². The molecule has 0 aliphatic heterocycles. The van der Waals surface area contributed by atoms with Crippen molar-refractivity contribution in [1.29, 1.82) is 0 Å². The number of nitrogens with one attached hydrogen (secondary N) is 2. The number of nitrogens with zero attached hydrogens (tertiary/aromatic N) is 8. The number of Topliss-reactive ketones (excluding diaryl/α,β-unsaturated/α-hetero) is 2. The highest BCUT2D eigenvalue weighted by Crippen LogP contribution is 2.25. The number of hydrogen-bond acceptors (Lipinski definition) is 16. The average molecular weight is 939 g/mol. The van der Waals surface area contributed by atoms with E-state index in [1.165, 1.54) is 35.3 Å². The smallest absolute Gasteiger partial charge is 0.442 e. The van der Waals surface area contributed by atoms with Crippen LogP contribution in [0.3, 0.4) is 0 Å². The third kappa shape index (κ3) is 13.6. The van der Waals surface area contributed by atoms with E-state index < -0.39 is 30.5 Å². The van der Waals surface area contributed by atoms with Gasteiger partial charge in [-0.15, -0.1) is 0 Å². The van der Waals surface area contributed by atoms with Crippen molar-refractivity contribution in [3.05, 3.63) is 138 Å². The number of rotatable bonds is 8. The van der Waals surface area contributed by atoms with Crippen LogP contribution in [-0.2, 0) is 9.47 Å². The Morgan fingerprint density at radius 1 is 0.603 bits per heavy atom. The van der Waals surface area contributed by atoms with E-state index in [1.807, 2.05) is 77.9 Å². The summed E-state index contributed by atoms with van der Waals surface area (Å²) >= 11 is 5.77. The Bertz CT molecular complexity index is 3090. The van der Waals surface area contributed by atoms with Gasteiger partial charge in [-0.2, -0.15) is 19.6 Å². The van der Waals surface area contributed by atoms with E-state index in [2.05, 4.69) is 40.8 Å². The van der Waals surface area contributed by atoms with Crippen molar-refractivity contribution >= 4 is 92.8 Å². The van der Waals surface area contributed by atoms with Crippen molar-refractivity contribution in [1.82, 2.24) is 39.5 Å². The fraction of sp³-hybridized carbons (Fsp3) is 0.208. The van der Waals surface area contributed by atoms with E-state index in [-0.39, 0.29) is 16.9 Å². The monoisotopic (exact) mass is 938 g/mol. The fourth-order valence-electron chi connectivity index (χ4n) is 6.13. The summed E-state index contributed by atoms with van der Waals surface area (Å²) in [7, 11) is -1.47. The average Bonchev–Trinajstić information content (AvgIpc) is 3.90. The Hall–Kier alpha value is -7.87. The number of hydrogen-bond donors (Lipinski definition) is 4. The highest BCUT2D eigenvalue weighted by Gasteiger charge is 2.22. The Balaban J connectivity index is 0.000000185. The minimum atomic E-state index is -1.47. The fourth-order valence-corrected chi connectivity index (χ4v) is 6.28. The highest BCUT2D eigenvalue weighted by molar-refractivity contribution is 6.58. The molecule has 0 atom stereocenters. The second kappa shape index (κ2) is 21.2. The van der Waals surface area contributed by atoms with Gasteiger partial charge in [0.15, 0.2) is 17.4 Å². The number of benzene rings is 4. The summed E-state index contributed by atoms with van der Waals surface area (Å²) in [5, 5.41) is 33.9. The lowest BCUT2D eigenvalue weighted by Crippen LogP contribution is -2.29. The molecule has 0 aliphatic rings. The molecular weight excluding hydrogens is 891 g/mol. The van der Waals surface area contributed by atoms with Gasteiger partial charge in [-0.25, -0.2) is 29.5 Å². The minimum Gasteiger partial charge on any atom is -0.442 e. The number of anilines is 4. The molecule has 0 unspecified atom stereocenters. The van der Waals surface area contributed by atoms with Crippen LogP contribution in [0.25, 0.3) is 33.2 Å². The maximum Gasteiger partial charge on any atom is 0.488 e. The lowest BCUT2D eigenvalue weighted by atomic mass is 9.80. The molecule has 68 heavy (non-hydrogen) atoms. The van der Waals surface area contributed by atoms with Gasteiger partial charge in [0.05, 0.1) is 23.4 Å². The maximum absolute atomic E-state index is 12.4. The molecule has 0 fully saturated rings. The molecule has 20 heteroatoms. The molecule has 4 aromatic heterocycles. The first kappa shape index (κ1) is 49.6. The third-order valence-corrected chi connectivity index (χ3v) is 9.44. The molecule has 8 aromatic rings. The number of aromatic nitrogens is 8. The highest BCUT2D eigenvalue weighted by atomic mass is 35.5. The molecule has 0 aliphatic carbocycles. The van der Waals surface area contributed by atoms with Gasteiger partial charge in [0.2, 0.25) is 5.28 Å². The summed E-state index contributed by atoms with van der Waals surface area (Å²) < 4.78 is 13.2. The Morgan fingerprint density at radius 3 is 1.47 bits per heavy atom. The molecule has 8 rings (SSSR count). The molecule has 348 valence electrons. The van der Waals surface area contributed by atoms with Crippen LogP contribution in [0.4, 0.5) is 32.6 Å². The van der Waals surface area contributed by atoms with Crippen LogP contribution < -0.4 is 16.1 Å². The normalized spacial score (nSPS) is 11.1. The second-order valence-electron chi connectivity index (χ2n) is 17.0. The molecule has 18 nitrogen and oxygen atoms in total. The topological polar surface area (TPSA) is 238 Å². The van der Waals surface area contributed by atoms with Gasteiger partial charge in [-0.3, -0.25) is 9.59 Å². The van der Waals surface area contributed by atoms with Gasteiger partial charge in [0, 0.05) is 51.2 Å². The summed E-state index contributed by atoms with van der Waals surface area (Å²) in [5.74, 6) is 1.72. The van der Waals surface area contributed by atoms with Crippen LogP contribution in [0.15, 0.2) is 122 Å². The number of halogens is 1. The first-order chi connectivity index (χ1) is 32.1. The predicted molar refractivity (Wildman–Crippen MR) is 260 cm³/mol. The number of ether oxygens (including phenoxy) is 2. The van der Waals surface area contributed by atoms with E-state index in [9.17, 15) is 19.2 Å². The Labute approximate surface area is 396 Å². The zero-order valence-corrected chi connectivity index (χ0v) is 39.2. The molecule has 0 bridgehead atoms. The Kier molecular flexibility index (Phi) is 15.4. The van der Waals surface area contributed by atoms with Crippen LogP contribution in [0.1, 0.15) is 76.1 Å². The van der Waals surface area contributed by atoms with Crippen LogP contribution in [-0.4, -0.2) is 91.6 Å². The molecular formula is C48H48BClN10O8. The lowest BCUT2D eigenvalue weighted by Gasteiger charge is -2.19. The van der Waals surface area contributed by atoms with Crippen molar-refractivity contribution in [3.8, 4) is 11.4 Å². The zero-order valence-electron chi connectivity index (χ0n) is 38.4. The van der Waals surface area contributed by atoms with E-state index in [0.29, 0.717) is 45.1 Å².